The third-order valence-corrected chi connectivity index (χ3v) is 6.04. The Bertz CT molecular complexity index is 1020. The number of benzene rings is 2. The summed E-state index contributed by atoms with van der Waals surface area (Å²) in [5, 5.41) is 2.71. The molecule has 0 aliphatic carbocycles. The summed E-state index contributed by atoms with van der Waals surface area (Å²) in [4.78, 5) is 43.3. The van der Waals surface area contributed by atoms with E-state index >= 15 is 0 Å². The number of ether oxygens (including phenoxy) is 2. The van der Waals surface area contributed by atoms with Crippen LogP contribution in [0.2, 0.25) is 0 Å². The Hall–Kier alpha value is -3.33. The summed E-state index contributed by atoms with van der Waals surface area (Å²) in [7, 11) is 1.32. The van der Waals surface area contributed by atoms with Crippen molar-refractivity contribution in [2.45, 2.75) is 31.9 Å². The van der Waals surface area contributed by atoms with Crippen molar-refractivity contribution < 1.29 is 23.9 Å². The fourth-order valence-corrected chi connectivity index (χ4v) is 4.29. The fraction of sp³-hybridized carbons (Fsp3) is 0.333. The molecule has 2 amide bonds. The van der Waals surface area contributed by atoms with Gasteiger partial charge in [-0.25, -0.2) is 9.79 Å². The third-order valence-electron chi connectivity index (χ3n) is 4.86. The van der Waals surface area contributed by atoms with Gasteiger partial charge in [0.05, 0.1) is 25.0 Å². The first kappa shape index (κ1) is 24.3. The molecule has 1 aliphatic heterocycles. The Morgan fingerprint density at radius 1 is 1.12 bits per heavy atom. The predicted octanol–water partition coefficient (Wildman–Crippen LogP) is 4.24. The number of hydrogen-bond donors (Lipinski definition) is 1. The minimum atomic E-state index is -0.607. The van der Waals surface area contributed by atoms with Crippen LogP contribution in [0.4, 0.5) is 11.4 Å². The maximum atomic E-state index is 12.9. The molecule has 0 saturated carbocycles. The molecule has 2 aromatic carbocycles. The van der Waals surface area contributed by atoms with Crippen LogP contribution in [-0.4, -0.2) is 53.4 Å². The van der Waals surface area contributed by atoms with Crippen molar-refractivity contribution in [3.05, 3.63) is 54.1 Å². The Morgan fingerprint density at radius 2 is 1.82 bits per heavy atom. The van der Waals surface area contributed by atoms with Gasteiger partial charge in [0.2, 0.25) is 11.8 Å². The molecule has 0 spiro atoms. The van der Waals surface area contributed by atoms with Crippen LogP contribution in [0.1, 0.15) is 37.0 Å². The number of aliphatic imine (C=N–C) groups is 1. The van der Waals surface area contributed by atoms with Gasteiger partial charge in [-0.3, -0.25) is 14.5 Å². The number of amidine groups is 1. The van der Waals surface area contributed by atoms with Crippen LogP contribution in [0.25, 0.3) is 0 Å². The second-order valence-corrected chi connectivity index (χ2v) is 8.41. The minimum Gasteiger partial charge on any atom is -0.494 e. The number of amides is 2. The molecule has 1 atom stereocenters. The summed E-state index contributed by atoms with van der Waals surface area (Å²) in [5.41, 5.74) is 1.61. The Kier molecular flexibility index (Phi) is 8.48. The Balaban J connectivity index is 1.72. The predicted molar refractivity (Wildman–Crippen MR) is 129 cm³/mol. The van der Waals surface area contributed by atoms with E-state index in [2.05, 4.69) is 10.3 Å². The molecule has 0 bridgehead atoms. The first-order valence-corrected chi connectivity index (χ1v) is 11.6. The van der Waals surface area contributed by atoms with Crippen molar-refractivity contribution in [3.8, 4) is 5.75 Å². The maximum Gasteiger partial charge on any atom is 0.337 e. The monoisotopic (exact) mass is 469 g/mol. The Labute approximate surface area is 197 Å². The third kappa shape index (κ3) is 6.35. The lowest BCUT2D eigenvalue weighted by atomic mass is 10.2. The van der Waals surface area contributed by atoms with Gasteiger partial charge in [-0.1, -0.05) is 18.7 Å². The van der Waals surface area contributed by atoms with Crippen LogP contribution in [0.3, 0.4) is 0 Å². The molecule has 1 saturated heterocycles. The molecule has 0 radical (unpaired) electrons. The fourth-order valence-electron chi connectivity index (χ4n) is 3.13. The minimum absolute atomic E-state index is 0.0856. The van der Waals surface area contributed by atoms with E-state index in [1.165, 1.54) is 18.9 Å². The quantitative estimate of drug-likeness (QED) is 0.581. The van der Waals surface area contributed by atoms with Gasteiger partial charge < -0.3 is 14.8 Å². The van der Waals surface area contributed by atoms with E-state index < -0.39 is 11.2 Å². The molecule has 1 heterocycles. The van der Waals surface area contributed by atoms with Gasteiger partial charge in [0.25, 0.3) is 0 Å². The molecule has 3 rings (SSSR count). The van der Waals surface area contributed by atoms with Gasteiger partial charge in [-0.15, -0.1) is 0 Å². The summed E-state index contributed by atoms with van der Waals surface area (Å²) in [6.07, 6.45) is 1.00. The summed E-state index contributed by atoms with van der Waals surface area (Å²) in [5.74, 6) is -0.124. The smallest absolute Gasteiger partial charge is 0.337 e. The van der Waals surface area contributed by atoms with Gasteiger partial charge in [0.1, 0.15) is 11.0 Å². The van der Waals surface area contributed by atoms with Crippen LogP contribution >= 0.6 is 11.8 Å². The van der Waals surface area contributed by atoms with Crippen LogP contribution < -0.4 is 10.1 Å². The van der Waals surface area contributed by atoms with Crippen molar-refractivity contribution in [1.29, 1.82) is 0 Å². The van der Waals surface area contributed by atoms with Crippen molar-refractivity contribution in [1.82, 2.24) is 4.90 Å². The summed E-state index contributed by atoms with van der Waals surface area (Å²) in [6, 6.07) is 13.7. The number of nitrogens with zero attached hydrogens (tertiary/aromatic N) is 2. The van der Waals surface area contributed by atoms with Crippen LogP contribution in [0.15, 0.2) is 53.5 Å². The molecule has 0 aromatic heterocycles. The number of carbonyl (C=O) groups is 3. The van der Waals surface area contributed by atoms with Crippen molar-refractivity contribution >= 4 is 46.1 Å². The lowest BCUT2D eigenvalue weighted by Gasteiger charge is -2.30. The van der Waals surface area contributed by atoms with E-state index in [4.69, 9.17) is 9.47 Å². The highest BCUT2D eigenvalue weighted by atomic mass is 32.2. The molecule has 1 fully saturated rings. The molecule has 8 nitrogen and oxygen atoms in total. The topological polar surface area (TPSA) is 97.3 Å². The van der Waals surface area contributed by atoms with E-state index in [9.17, 15) is 14.4 Å². The number of hydrogen-bond acceptors (Lipinski definition) is 7. The molecule has 174 valence electrons. The van der Waals surface area contributed by atoms with E-state index in [-0.39, 0.29) is 18.2 Å². The summed E-state index contributed by atoms with van der Waals surface area (Å²) < 4.78 is 10.3. The second-order valence-electron chi connectivity index (χ2n) is 7.24. The highest BCUT2D eigenvalue weighted by Gasteiger charge is 2.35. The van der Waals surface area contributed by atoms with E-state index in [0.29, 0.717) is 35.3 Å². The first-order chi connectivity index (χ1) is 15.9. The largest absolute Gasteiger partial charge is 0.494 e. The van der Waals surface area contributed by atoms with Gasteiger partial charge >= 0.3 is 5.97 Å². The molecule has 1 N–H and O–H groups in total. The second kappa shape index (κ2) is 11.5. The SMILES string of the molecule is CCCOc1ccc(NC(=O)C2CC(=O)N(CC)C(=Nc3ccc(C(=O)OC)cc3)S2)cc1. The number of thioether (sulfide) groups is 1. The lowest BCUT2D eigenvalue weighted by molar-refractivity contribution is -0.129. The van der Waals surface area contributed by atoms with Gasteiger partial charge in [0.15, 0.2) is 5.17 Å². The number of nitrogens with one attached hydrogen (secondary N) is 1. The standard InChI is InChI=1S/C24H27N3O5S/c1-4-14-32-19-12-10-17(11-13-19)25-22(29)20-15-21(28)27(5-2)24(33-20)26-18-8-6-16(7-9-18)23(30)31-3/h6-13,20H,4-5,14-15H2,1-3H3,(H,25,29). The highest BCUT2D eigenvalue weighted by molar-refractivity contribution is 8.15. The van der Waals surface area contributed by atoms with Crippen molar-refractivity contribution in [2.75, 3.05) is 25.6 Å². The summed E-state index contributed by atoms with van der Waals surface area (Å²) >= 11 is 1.25. The maximum absolute atomic E-state index is 12.9. The zero-order valence-corrected chi connectivity index (χ0v) is 19.7. The zero-order valence-electron chi connectivity index (χ0n) is 18.9. The first-order valence-electron chi connectivity index (χ1n) is 10.7. The average Bonchev–Trinajstić information content (AvgIpc) is 2.83. The molecule has 1 unspecified atom stereocenters. The number of methoxy groups -OCH3 is 1. The molecule has 1 aliphatic rings. The van der Waals surface area contributed by atoms with Crippen LogP contribution in [0.5, 0.6) is 5.75 Å². The van der Waals surface area contributed by atoms with Crippen LogP contribution in [0, 0.1) is 0 Å². The molecule has 9 heteroatoms. The van der Waals surface area contributed by atoms with E-state index in [1.54, 1.807) is 53.4 Å². The van der Waals surface area contributed by atoms with E-state index in [1.807, 2.05) is 13.8 Å². The van der Waals surface area contributed by atoms with Crippen molar-refractivity contribution in [2.24, 2.45) is 4.99 Å². The number of esters is 1. The van der Waals surface area contributed by atoms with Gasteiger partial charge in [-0.2, -0.15) is 0 Å². The van der Waals surface area contributed by atoms with Crippen molar-refractivity contribution in [3.63, 3.8) is 0 Å². The molecule has 2 aromatic rings. The van der Waals surface area contributed by atoms with Gasteiger partial charge in [0, 0.05) is 18.7 Å². The van der Waals surface area contributed by atoms with E-state index in [0.717, 1.165) is 12.2 Å². The molecule has 33 heavy (non-hydrogen) atoms. The summed E-state index contributed by atoms with van der Waals surface area (Å²) in [6.45, 7) is 4.97. The van der Waals surface area contributed by atoms with Crippen LogP contribution in [-0.2, 0) is 14.3 Å². The highest BCUT2D eigenvalue weighted by Crippen LogP contribution is 2.30. The molecular weight excluding hydrogens is 442 g/mol. The zero-order chi connectivity index (χ0) is 23.8. The normalized spacial score (nSPS) is 17.1. The number of carbonyl (C=O) groups excluding carboxylic acids is 3. The molecular formula is C24H27N3O5S. The Morgan fingerprint density at radius 3 is 2.42 bits per heavy atom. The number of anilines is 1. The average molecular weight is 470 g/mol. The lowest BCUT2D eigenvalue weighted by Crippen LogP contribution is -2.45. The number of rotatable bonds is 8. The van der Waals surface area contributed by atoms with Gasteiger partial charge in [-0.05, 0) is 61.9 Å².